The van der Waals surface area contributed by atoms with Gasteiger partial charge in [-0.1, -0.05) is 83.9 Å². The topological polar surface area (TPSA) is 111 Å². The molecule has 4 bridgehead atoms. The van der Waals surface area contributed by atoms with Gasteiger partial charge in [-0.25, -0.2) is 26.3 Å². The maximum Gasteiger partial charge on any atom is 0.240 e. The summed E-state index contributed by atoms with van der Waals surface area (Å²) in [6, 6.07) is 30.7. The number of hydrogen-bond acceptors (Lipinski definition) is 6. The zero-order chi connectivity index (χ0) is 36.0. The Kier molecular flexibility index (Phi) is 7.98. The first kappa shape index (κ1) is 34.4. The summed E-state index contributed by atoms with van der Waals surface area (Å²) in [5.74, 6) is 1.00. The SMILES string of the molecule is Cc1ccc(S(=O)(=O)NC[C@@]23C[C@H]4CCC[C@]4(O2)c2ccccc23)cc1.Cc1ccc(S(=O)(=O)NC[C@]23C[C@@H]4CCC[C@@]4(O2)c2ccccc23)cc1. The van der Waals surface area contributed by atoms with Gasteiger partial charge in [-0.15, -0.1) is 0 Å². The molecule has 4 fully saturated rings. The molecule has 6 aliphatic rings. The molecule has 4 aliphatic heterocycles. The molecule has 52 heavy (non-hydrogen) atoms. The highest BCUT2D eigenvalue weighted by Crippen LogP contribution is 2.67. The zero-order valence-corrected chi connectivity index (χ0v) is 31.4. The summed E-state index contributed by atoms with van der Waals surface area (Å²) in [6.07, 6.45) is 8.60. The lowest BCUT2D eigenvalue weighted by molar-refractivity contribution is -0.0882. The first-order valence-electron chi connectivity index (χ1n) is 18.6. The van der Waals surface area contributed by atoms with Crippen LogP contribution >= 0.6 is 0 Å². The average Bonchev–Trinajstić information content (AvgIpc) is 3.97. The number of ether oxygens (including phenoxy) is 2. The maximum absolute atomic E-state index is 12.8. The normalized spacial score (nSPS) is 31.8. The molecule has 2 spiro atoms. The third-order valence-electron chi connectivity index (χ3n) is 12.9. The lowest BCUT2D eigenvalue weighted by atomic mass is 9.72. The minimum Gasteiger partial charge on any atom is -0.357 e. The van der Waals surface area contributed by atoms with Crippen LogP contribution in [0.4, 0.5) is 0 Å². The molecule has 0 radical (unpaired) electrons. The third kappa shape index (κ3) is 5.20. The van der Waals surface area contributed by atoms with Crippen LogP contribution in [0.15, 0.2) is 107 Å². The molecule has 2 saturated carbocycles. The minimum absolute atomic E-state index is 0.189. The largest absolute Gasteiger partial charge is 0.357 e. The van der Waals surface area contributed by atoms with Crippen molar-refractivity contribution in [2.45, 2.75) is 97.4 Å². The predicted molar refractivity (Wildman–Crippen MR) is 198 cm³/mol. The summed E-state index contributed by atoms with van der Waals surface area (Å²) in [5, 5.41) is 0. The van der Waals surface area contributed by atoms with Crippen molar-refractivity contribution in [3.05, 3.63) is 130 Å². The van der Waals surface area contributed by atoms with Crippen molar-refractivity contribution >= 4 is 20.0 Å². The highest BCUT2D eigenvalue weighted by Gasteiger charge is 2.66. The molecule has 272 valence electrons. The molecular weight excluding hydrogens is 693 g/mol. The first-order valence-corrected chi connectivity index (χ1v) is 21.6. The Hall–Kier alpha value is -3.38. The lowest BCUT2D eigenvalue weighted by Gasteiger charge is -2.29. The van der Waals surface area contributed by atoms with Crippen LogP contribution in [0.3, 0.4) is 0 Å². The molecule has 2 N–H and O–H groups in total. The zero-order valence-electron chi connectivity index (χ0n) is 29.7. The van der Waals surface area contributed by atoms with Crippen LogP contribution in [0.1, 0.15) is 84.7 Å². The number of aryl methyl sites for hydroxylation is 2. The molecule has 2 saturated heterocycles. The summed E-state index contributed by atoms with van der Waals surface area (Å²) in [5.41, 5.74) is 5.56. The van der Waals surface area contributed by atoms with Crippen LogP contribution in [-0.4, -0.2) is 29.9 Å². The van der Waals surface area contributed by atoms with E-state index >= 15 is 0 Å². The van der Waals surface area contributed by atoms with Crippen molar-refractivity contribution < 1.29 is 26.3 Å². The number of rotatable bonds is 8. The molecule has 2 aliphatic carbocycles. The summed E-state index contributed by atoms with van der Waals surface area (Å²) >= 11 is 0. The summed E-state index contributed by atoms with van der Waals surface area (Å²) < 4.78 is 70.0. The van der Waals surface area contributed by atoms with E-state index in [1.807, 2.05) is 50.2 Å². The van der Waals surface area contributed by atoms with Crippen molar-refractivity contribution in [2.24, 2.45) is 11.8 Å². The van der Waals surface area contributed by atoms with E-state index in [9.17, 15) is 16.8 Å². The molecule has 6 atom stereocenters. The number of sulfonamides is 2. The fraction of sp³-hybridized carbons (Fsp3) is 0.429. The summed E-state index contributed by atoms with van der Waals surface area (Å²) in [4.78, 5) is 0.609. The van der Waals surface area contributed by atoms with Crippen LogP contribution in [-0.2, 0) is 51.9 Å². The van der Waals surface area contributed by atoms with Crippen LogP contribution in [0.2, 0.25) is 0 Å². The maximum atomic E-state index is 12.8. The number of hydrogen-bond donors (Lipinski definition) is 2. The lowest BCUT2D eigenvalue weighted by Crippen LogP contribution is -2.40. The Balaban J connectivity index is 0.000000138. The molecule has 0 aromatic heterocycles. The van der Waals surface area contributed by atoms with Gasteiger partial charge in [-0.05, 0) is 124 Å². The molecule has 8 nitrogen and oxygen atoms in total. The Morgan fingerprint density at radius 3 is 1.31 bits per heavy atom. The predicted octanol–water partition coefficient (Wildman–Crippen LogP) is 7.20. The average molecular weight is 739 g/mol. The van der Waals surface area contributed by atoms with Gasteiger partial charge in [0.2, 0.25) is 20.0 Å². The Bertz CT molecular complexity index is 2100. The van der Waals surface area contributed by atoms with Crippen molar-refractivity contribution in [1.82, 2.24) is 9.44 Å². The van der Waals surface area contributed by atoms with Crippen LogP contribution in [0.25, 0.3) is 0 Å². The van der Waals surface area contributed by atoms with E-state index in [-0.39, 0.29) is 11.2 Å². The van der Waals surface area contributed by atoms with E-state index in [2.05, 4.69) is 45.8 Å². The van der Waals surface area contributed by atoms with Crippen LogP contribution < -0.4 is 9.44 Å². The van der Waals surface area contributed by atoms with E-state index < -0.39 is 31.2 Å². The second-order valence-electron chi connectivity index (χ2n) is 15.9. The number of benzene rings is 4. The summed E-state index contributed by atoms with van der Waals surface area (Å²) in [7, 11) is -7.11. The molecular formula is C42H46N2O6S2. The van der Waals surface area contributed by atoms with Gasteiger partial charge in [0.1, 0.15) is 11.2 Å². The monoisotopic (exact) mass is 738 g/mol. The van der Waals surface area contributed by atoms with Crippen LogP contribution in [0.5, 0.6) is 0 Å². The van der Waals surface area contributed by atoms with E-state index in [1.54, 1.807) is 24.3 Å². The van der Waals surface area contributed by atoms with Gasteiger partial charge in [0.15, 0.2) is 0 Å². The summed E-state index contributed by atoms with van der Waals surface area (Å²) in [6.45, 7) is 4.47. The highest BCUT2D eigenvalue weighted by molar-refractivity contribution is 7.89. The molecule has 4 aromatic carbocycles. The fourth-order valence-electron chi connectivity index (χ4n) is 10.6. The van der Waals surface area contributed by atoms with Crippen molar-refractivity contribution in [2.75, 3.05) is 13.1 Å². The van der Waals surface area contributed by atoms with Crippen molar-refractivity contribution in [3.63, 3.8) is 0 Å². The van der Waals surface area contributed by atoms with Gasteiger partial charge in [0, 0.05) is 13.1 Å². The quantitative estimate of drug-likeness (QED) is 0.198. The Labute approximate surface area is 307 Å². The molecule has 4 aromatic rings. The Morgan fingerprint density at radius 2 is 0.923 bits per heavy atom. The van der Waals surface area contributed by atoms with E-state index in [1.165, 1.54) is 47.9 Å². The van der Waals surface area contributed by atoms with Gasteiger partial charge >= 0.3 is 0 Å². The van der Waals surface area contributed by atoms with Gasteiger partial charge in [0.05, 0.1) is 21.0 Å². The Morgan fingerprint density at radius 1 is 0.558 bits per heavy atom. The minimum atomic E-state index is -3.55. The van der Waals surface area contributed by atoms with E-state index in [4.69, 9.17) is 9.47 Å². The second-order valence-corrected chi connectivity index (χ2v) is 19.5. The highest BCUT2D eigenvalue weighted by atomic mass is 32.2. The van der Waals surface area contributed by atoms with Gasteiger partial charge in [0.25, 0.3) is 0 Å². The number of fused-ring (bicyclic) bond motifs is 6. The second kappa shape index (κ2) is 12.1. The molecule has 0 amide bonds. The molecule has 0 unspecified atom stereocenters. The molecule has 10 rings (SSSR count). The van der Waals surface area contributed by atoms with E-state index in [0.29, 0.717) is 34.7 Å². The standard InChI is InChI=1S/2C21H23NO3S/c2*1-15-8-10-17(11-9-15)26(23,24)22-14-20-13-16-5-4-12-21(16,25-20)19-7-3-2-6-18(19)20/h2*2-3,6-11,16,22H,4-5,12-14H2,1H3/t2*16-,20-,21-/m10/s1. The van der Waals surface area contributed by atoms with Crippen molar-refractivity contribution in [3.8, 4) is 0 Å². The molecule has 10 heteroatoms. The third-order valence-corrected chi connectivity index (χ3v) is 15.8. The van der Waals surface area contributed by atoms with Crippen LogP contribution in [0, 0.1) is 25.7 Å². The first-order chi connectivity index (χ1) is 24.9. The number of nitrogens with one attached hydrogen (secondary N) is 2. The smallest absolute Gasteiger partial charge is 0.240 e. The van der Waals surface area contributed by atoms with Gasteiger partial charge in [-0.3, -0.25) is 0 Å². The van der Waals surface area contributed by atoms with Gasteiger partial charge < -0.3 is 9.47 Å². The van der Waals surface area contributed by atoms with E-state index in [0.717, 1.165) is 36.8 Å². The van der Waals surface area contributed by atoms with Crippen molar-refractivity contribution in [1.29, 1.82) is 0 Å². The fourth-order valence-corrected chi connectivity index (χ4v) is 12.7. The molecule has 4 heterocycles. The van der Waals surface area contributed by atoms with Gasteiger partial charge in [-0.2, -0.15) is 0 Å².